The second kappa shape index (κ2) is 11.5. The van der Waals surface area contributed by atoms with Gasteiger partial charge in [0.05, 0.1) is 17.0 Å². The number of amides is 2. The molecule has 0 saturated carbocycles. The molecule has 0 spiro atoms. The van der Waals surface area contributed by atoms with E-state index in [2.05, 4.69) is 10.6 Å². The van der Waals surface area contributed by atoms with Crippen LogP contribution in [0.3, 0.4) is 0 Å². The van der Waals surface area contributed by atoms with Gasteiger partial charge in [-0.1, -0.05) is 32.0 Å². The first-order chi connectivity index (χ1) is 15.7. The summed E-state index contributed by atoms with van der Waals surface area (Å²) < 4.78 is 32.9. The van der Waals surface area contributed by atoms with Crippen molar-refractivity contribution in [3.63, 3.8) is 0 Å². The fourth-order valence-electron chi connectivity index (χ4n) is 3.92. The van der Waals surface area contributed by atoms with Crippen molar-refractivity contribution in [3.05, 3.63) is 30.3 Å². The number of carbonyl (C=O) groups is 2. The zero-order valence-electron chi connectivity index (χ0n) is 20.9. The fourth-order valence-corrected chi connectivity index (χ4v) is 5.62. The molecule has 34 heavy (non-hydrogen) atoms. The number of β-amino-alcohol motifs (C(OH)–C–C–N with tert-alkyl or cyclic N) is 1. The minimum absolute atomic E-state index is 0.122. The minimum atomic E-state index is -3.80. The number of alkyl carbamates (subject to hydrolysis) is 1. The molecule has 4 atom stereocenters. The molecule has 2 amide bonds. The van der Waals surface area contributed by atoms with E-state index in [0.717, 1.165) is 0 Å². The highest BCUT2D eigenvalue weighted by molar-refractivity contribution is 7.89. The molecule has 192 valence electrons. The normalized spacial score (nSPS) is 23.1. The van der Waals surface area contributed by atoms with Gasteiger partial charge in [-0.15, -0.1) is 0 Å². The van der Waals surface area contributed by atoms with Gasteiger partial charge in [0.2, 0.25) is 15.9 Å². The largest absolute Gasteiger partial charge is 0.444 e. The summed E-state index contributed by atoms with van der Waals surface area (Å²) in [5.41, 5.74) is -0.704. The van der Waals surface area contributed by atoms with Gasteiger partial charge in [-0.3, -0.25) is 4.79 Å². The SMILES string of the molecule is CC(C)C[C@H](NC(=O)OC(C)(C)C)C(=O)N[C@@H]1CC[C@H](C)N(S(=O)(=O)c2ccccc2)C[C@H]1O. The van der Waals surface area contributed by atoms with Crippen LogP contribution in [0.1, 0.15) is 60.8 Å². The lowest BCUT2D eigenvalue weighted by Gasteiger charge is -2.29. The number of hydrogen-bond acceptors (Lipinski definition) is 6. The van der Waals surface area contributed by atoms with E-state index in [9.17, 15) is 23.1 Å². The van der Waals surface area contributed by atoms with E-state index >= 15 is 0 Å². The molecule has 1 fully saturated rings. The molecule has 0 unspecified atom stereocenters. The molecule has 1 saturated heterocycles. The topological polar surface area (TPSA) is 125 Å². The Hall–Kier alpha value is -2.17. The molecule has 0 bridgehead atoms. The van der Waals surface area contributed by atoms with Crippen LogP contribution in [0.15, 0.2) is 35.2 Å². The highest BCUT2D eigenvalue weighted by atomic mass is 32.2. The van der Waals surface area contributed by atoms with Crippen molar-refractivity contribution in [2.75, 3.05) is 6.54 Å². The summed E-state index contributed by atoms with van der Waals surface area (Å²) in [6, 6.07) is 6.25. The van der Waals surface area contributed by atoms with Gasteiger partial charge in [0.1, 0.15) is 11.6 Å². The van der Waals surface area contributed by atoms with E-state index in [1.165, 1.54) is 16.4 Å². The molecule has 0 aliphatic carbocycles. The van der Waals surface area contributed by atoms with Crippen molar-refractivity contribution in [2.24, 2.45) is 5.92 Å². The van der Waals surface area contributed by atoms with E-state index in [4.69, 9.17) is 4.74 Å². The Balaban J connectivity index is 2.13. The third kappa shape index (κ3) is 7.95. The summed E-state index contributed by atoms with van der Waals surface area (Å²) in [7, 11) is -3.80. The van der Waals surface area contributed by atoms with Crippen LogP contribution in [0.4, 0.5) is 4.79 Å². The number of ether oxygens (including phenoxy) is 1. The van der Waals surface area contributed by atoms with Crippen molar-refractivity contribution in [1.82, 2.24) is 14.9 Å². The van der Waals surface area contributed by atoms with Gasteiger partial charge < -0.3 is 20.5 Å². The summed E-state index contributed by atoms with van der Waals surface area (Å²) in [6.07, 6.45) is -0.547. The quantitative estimate of drug-likeness (QED) is 0.532. The molecule has 10 heteroatoms. The number of rotatable bonds is 7. The standard InChI is InChI=1S/C24H39N3O6S/c1-16(2)14-20(26-23(30)33-24(4,5)6)22(29)25-19-13-12-17(3)27(15-21(19)28)34(31,32)18-10-8-7-9-11-18/h7-11,16-17,19-21,28H,12-15H2,1-6H3,(H,25,29)(H,26,30)/t17-,19+,20-,21+/m0/s1. The molecular weight excluding hydrogens is 458 g/mol. The summed E-state index contributed by atoms with van der Waals surface area (Å²) in [6.45, 7) is 10.7. The molecule has 9 nitrogen and oxygen atoms in total. The number of nitrogens with one attached hydrogen (secondary N) is 2. The lowest BCUT2D eigenvalue weighted by molar-refractivity contribution is -0.125. The second-order valence-corrected chi connectivity index (χ2v) is 12.2. The zero-order valence-corrected chi connectivity index (χ0v) is 21.8. The Kier molecular flexibility index (Phi) is 9.50. The van der Waals surface area contributed by atoms with E-state index in [0.29, 0.717) is 19.3 Å². The molecule has 1 heterocycles. The Morgan fingerprint density at radius 2 is 1.79 bits per heavy atom. The van der Waals surface area contributed by atoms with Crippen LogP contribution in [-0.4, -0.2) is 66.2 Å². The third-order valence-electron chi connectivity index (χ3n) is 5.61. The molecule has 0 radical (unpaired) electrons. The maximum Gasteiger partial charge on any atom is 0.408 e. The van der Waals surface area contributed by atoms with E-state index < -0.39 is 45.8 Å². The lowest BCUT2D eigenvalue weighted by Crippen LogP contribution is -2.54. The van der Waals surface area contributed by atoms with Gasteiger partial charge >= 0.3 is 6.09 Å². The molecule has 3 N–H and O–H groups in total. The van der Waals surface area contributed by atoms with E-state index in [-0.39, 0.29) is 23.4 Å². The summed E-state index contributed by atoms with van der Waals surface area (Å²) in [4.78, 5) is 25.5. The number of carbonyl (C=O) groups excluding carboxylic acids is 2. The predicted octanol–water partition coefficient (Wildman–Crippen LogP) is 2.64. The Morgan fingerprint density at radius 1 is 1.18 bits per heavy atom. The molecule has 1 aliphatic rings. The average molecular weight is 498 g/mol. The van der Waals surface area contributed by atoms with Crippen molar-refractivity contribution in [2.45, 2.75) is 95.5 Å². The van der Waals surface area contributed by atoms with Crippen molar-refractivity contribution in [1.29, 1.82) is 0 Å². The number of aliphatic hydroxyl groups excluding tert-OH is 1. The van der Waals surface area contributed by atoms with Gasteiger partial charge in [-0.25, -0.2) is 13.2 Å². The van der Waals surface area contributed by atoms with Gasteiger partial charge in [0.15, 0.2) is 0 Å². The number of hydrogen-bond donors (Lipinski definition) is 3. The van der Waals surface area contributed by atoms with Crippen LogP contribution in [0.2, 0.25) is 0 Å². The fraction of sp³-hybridized carbons (Fsp3) is 0.667. The predicted molar refractivity (Wildman–Crippen MR) is 130 cm³/mol. The third-order valence-corrected chi connectivity index (χ3v) is 7.60. The molecule has 0 aromatic heterocycles. The monoisotopic (exact) mass is 497 g/mol. The van der Waals surface area contributed by atoms with Crippen molar-refractivity contribution in [3.8, 4) is 0 Å². The first kappa shape index (κ1) is 28.1. The number of sulfonamides is 1. The Labute approximate surface area is 203 Å². The minimum Gasteiger partial charge on any atom is -0.444 e. The van der Waals surface area contributed by atoms with Crippen LogP contribution in [-0.2, 0) is 19.6 Å². The highest BCUT2D eigenvalue weighted by Gasteiger charge is 2.38. The van der Waals surface area contributed by atoms with Gasteiger partial charge in [0.25, 0.3) is 0 Å². The second-order valence-electron chi connectivity index (χ2n) is 10.3. The van der Waals surface area contributed by atoms with Gasteiger partial charge in [-0.2, -0.15) is 4.31 Å². The first-order valence-electron chi connectivity index (χ1n) is 11.8. The maximum absolute atomic E-state index is 13.2. The van der Waals surface area contributed by atoms with Crippen LogP contribution in [0.25, 0.3) is 0 Å². The summed E-state index contributed by atoms with van der Waals surface area (Å²) in [5.74, 6) is -0.313. The van der Waals surface area contributed by atoms with Crippen LogP contribution < -0.4 is 10.6 Å². The number of aliphatic hydroxyl groups is 1. The average Bonchev–Trinajstić information content (AvgIpc) is 2.86. The van der Waals surface area contributed by atoms with E-state index in [1.54, 1.807) is 45.9 Å². The van der Waals surface area contributed by atoms with Crippen LogP contribution >= 0.6 is 0 Å². The number of benzene rings is 1. The van der Waals surface area contributed by atoms with Gasteiger partial charge in [-0.05, 0) is 65.0 Å². The zero-order chi connectivity index (χ0) is 25.7. The molecule has 2 rings (SSSR count). The lowest BCUT2D eigenvalue weighted by atomic mass is 10.0. The number of nitrogens with zero attached hydrogens (tertiary/aromatic N) is 1. The Bertz CT molecular complexity index is 930. The first-order valence-corrected chi connectivity index (χ1v) is 13.2. The van der Waals surface area contributed by atoms with Gasteiger partial charge in [0, 0.05) is 12.6 Å². The molecule has 1 aromatic rings. The van der Waals surface area contributed by atoms with Crippen molar-refractivity contribution >= 4 is 22.0 Å². The van der Waals surface area contributed by atoms with Crippen molar-refractivity contribution < 1.29 is 27.9 Å². The summed E-state index contributed by atoms with van der Waals surface area (Å²) in [5, 5.41) is 16.3. The smallest absolute Gasteiger partial charge is 0.408 e. The molecular formula is C24H39N3O6S. The molecule has 1 aliphatic heterocycles. The van der Waals surface area contributed by atoms with E-state index in [1.807, 2.05) is 13.8 Å². The Morgan fingerprint density at radius 3 is 2.35 bits per heavy atom. The highest BCUT2D eigenvalue weighted by Crippen LogP contribution is 2.25. The summed E-state index contributed by atoms with van der Waals surface area (Å²) >= 11 is 0. The van der Waals surface area contributed by atoms with Crippen LogP contribution in [0, 0.1) is 5.92 Å². The maximum atomic E-state index is 13.2. The molecule has 1 aromatic carbocycles. The van der Waals surface area contributed by atoms with Crippen LogP contribution in [0.5, 0.6) is 0 Å².